The van der Waals surface area contributed by atoms with Gasteiger partial charge in [0, 0.05) is 30.2 Å². The van der Waals surface area contributed by atoms with Crippen LogP contribution in [0, 0.1) is 0 Å². The lowest BCUT2D eigenvalue weighted by atomic mass is 9.77. The summed E-state index contributed by atoms with van der Waals surface area (Å²) in [4.78, 5) is 41.8. The smallest absolute Gasteiger partial charge is 0.362 e. The average molecular weight is 991 g/mol. The Morgan fingerprint density at radius 3 is 1.46 bits per heavy atom. The number of hydrogen-bond donors (Lipinski definition) is 4. The first-order chi connectivity index (χ1) is 34.2. The lowest BCUT2D eigenvalue weighted by molar-refractivity contribution is -0.143. The predicted octanol–water partition coefficient (Wildman–Crippen LogP) is 8.67. The molecule has 0 radical (unpaired) electrons. The van der Waals surface area contributed by atoms with Crippen molar-refractivity contribution in [1.29, 1.82) is 0 Å². The van der Waals surface area contributed by atoms with Gasteiger partial charge in [0.15, 0.2) is 10.8 Å². The van der Waals surface area contributed by atoms with Gasteiger partial charge in [-0.2, -0.15) is 8.42 Å². The zero-order valence-corrected chi connectivity index (χ0v) is 39.9. The molecule has 2 aromatic heterocycles. The largest absolute Gasteiger partial charge is 0.394 e. The normalized spacial score (nSPS) is 14.9. The first-order valence-electron chi connectivity index (χ1n) is 22.2. The van der Waals surface area contributed by atoms with Gasteiger partial charge in [0.1, 0.15) is 23.9 Å². The van der Waals surface area contributed by atoms with Gasteiger partial charge in [-0.05, 0) is 45.5 Å². The number of nitrogens with zero attached hydrogens (tertiary/aromatic N) is 4. The second-order valence-electron chi connectivity index (χ2n) is 15.9. The summed E-state index contributed by atoms with van der Waals surface area (Å²) in [6, 6.07) is 63.1. The van der Waals surface area contributed by atoms with Gasteiger partial charge < -0.3 is 15.5 Å². The van der Waals surface area contributed by atoms with Crippen LogP contribution in [0.4, 0.5) is 5.13 Å². The molecule has 1 aliphatic rings. The molecule has 4 N–H and O–H groups in total. The van der Waals surface area contributed by atoms with Crippen LogP contribution in [0.3, 0.4) is 0 Å². The van der Waals surface area contributed by atoms with Crippen LogP contribution < -0.4 is 16.0 Å². The number of amides is 2. The summed E-state index contributed by atoms with van der Waals surface area (Å²) in [7, 11) is -4.93. The molecule has 2 unspecified atom stereocenters. The van der Waals surface area contributed by atoms with E-state index in [1.807, 2.05) is 164 Å². The number of aromatic nitrogens is 2. The molecule has 1 aliphatic heterocycles. The molecule has 354 valence electrons. The average Bonchev–Trinajstić information content (AvgIpc) is 3.88. The molecule has 2 atom stereocenters. The highest BCUT2D eigenvalue weighted by Gasteiger charge is 2.54. The Kier molecular flexibility index (Phi) is 15.9. The van der Waals surface area contributed by atoms with Crippen molar-refractivity contribution < 1.29 is 27.4 Å². The third kappa shape index (κ3) is 10.7. The first-order valence-corrected chi connectivity index (χ1v) is 25.0. The van der Waals surface area contributed by atoms with Crippen LogP contribution in [0.1, 0.15) is 39.1 Å². The number of oxime groups is 1. The number of anilines is 1. The maximum atomic E-state index is 14.2. The number of pyridine rings is 1. The van der Waals surface area contributed by atoms with Gasteiger partial charge >= 0.3 is 10.3 Å². The molecule has 16 heteroatoms. The molecule has 9 rings (SSSR count). The summed E-state index contributed by atoms with van der Waals surface area (Å²) in [5.41, 5.74) is 3.89. The molecular formula is C54H48ClN7O6S2. The Bertz CT molecular complexity index is 2850. The van der Waals surface area contributed by atoms with Crippen LogP contribution in [0.25, 0.3) is 0 Å². The summed E-state index contributed by atoms with van der Waals surface area (Å²) in [5.74, 6) is -2.31. The fraction of sp³-hybridized carbons (Fsp3) is 0.130. The van der Waals surface area contributed by atoms with Crippen molar-refractivity contribution in [2.45, 2.75) is 23.2 Å². The maximum absolute atomic E-state index is 14.2. The minimum absolute atomic E-state index is 0.0113. The molecule has 0 saturated carbocycles. The molecule has 13 nitrogen and oxygen atoms in total. The third-order valence-corrected chi connectivity index (χ3v) is 13.7. The molecule has 70 heavy (non-hydrogen) atoms. The SMILES string of the molecule is O=C(NC1C(=O)N(S(=O)(=O)O)C1CCl)/C(=N\OCCNC(c1ccccc1)(c1ccccc1)c1ccccc1)c1csc(NC(c2ccccc2)(c2ccccc2)c2ccccc2)n1.c1ccncc1. The second-order valence-corrected chi connectivity index (χ2v) is 18.3. The van der Waals surface area contributed by atoms with Gasteiger partial charge in [-0.15, -0.1) is 22.9 Å². The number of nitrogens with one attached hydrogen (secondary N) is 3. The monoisotopic (exact) mass is 989 g/mol. The number of carbonyl (C=O) groups is 2. The van der Waals surface area contributed by atoms with Crippen molar-refractivity contribution in [3.63, 3.8) is 0 Å². The van der Waals surface area contributed by atoms with Gasteiger partial charge in [0.2, 0.25) is 0 Å². The standard InChI is InChI=1S/C49H43ClN6O6S2.C5H5N/c50-33-42-44(46(58)56(42)64(59,60)61)53-45(57)43(55-62-32-31-51-48(35-19-7-1-8-20-35,36-21-9-2-10-22-36)37-23-11-3-12-24-37)41-34-63-47(52-41)54-49(38-25-13-4-14-26-38,39-27-15-5-16-28-39)40-29-17-6-18-30-40;1-2-4-6-5-3-1/h1-30,34,42,44,51H,31-33H2,(H,52,54)(H,53,57)(H,59,60,61);1-5H/b55-43-;. The quantitative estimate of drug-likeness (QED) is 0.0124. The number of rotatable bonds is 18. The first kappa shape index (κ1) is 48.9. The van der Waals surface area contributed by atoms with E-state index in [0.29, 0.717) is 5.13 Å². The zero-order valence-electron chi connectivity index (χ0n) is 37.5. The van der Waals surface area contributed by atoms with E-state index in [2.05, 4.69) is 62.5 Å². The van der Waals surface area contributed by atoms with Crippen molar-refractivity contribution in [3.05, 3.63) is 257 Å². The van der Waals surface area contributed by atoms with Crippen LogP contribution in [-0.2, 0) is 35.8 Å². The van der Waals surface area contributed by atoms with Gasteiger partial charge in [-0.25, -0.2) is 9.29 Å². The Labute approximate surface area is 415 Å². The summed E-state index contributed by atoms with van der Waals surface area (Å²) in [6.45, 7) is 0.246. The third-order valence-electron chi connectivity index (χ3n) is 11.7. The van der Waals surface area contributed by atoms with Crippen molar-refractivity contribution >= 4 is 55.9 Å². The fourth-order valence-corrected chi connectivity index (χ4v) is 10.5. The van der Waals surface area contributed by atoms with Gasteiger partial charge in [0.05, 0.1) is 11.6 Å². The van der Waals surface area contributed by atoms with Crippen molar-refractivity contribution in [2.75, 3.05) is 24.3 Å². The number of benzene rings is 6. The van der Waals surface area contributed by atoms with E-state index in [1.54, 1.807) is 17.8 Å². The van der Waals surface area contributed by atoms with E-state index in [-0.39, 0.29) is 34.7 Å². The highest BCUT2D eigenvalue weighted by Crippen LogP contribution is 2.41. The van der Waals surface area contributed by atoms with Gasteiger partial charge in [-0.1, -0.05) is 193 Å². The molecule has 3 heterocycles. The van der Waals surface area contributed by atoms with E-state index in [1.165, 1.54) is 11.3 Å². The van der Waals surface area contributed by atoms with Crippen LogP contribution in [0.5, 0.6) is 0 Å². The van der Waals surface area contributed by atoms with E-state index < -0.39 is 45.3 Å². The summed E-state index contributed by atoms with van der Waals surface area (Å²) >= 11 is 7.28. The Hall–Kier alpha value is -7.53. The molecule has 0 bridgehead atoms. The molecule has 8 aromatic rings. The van der Waals surface area contributed by atoms with E-state index in [4.69, 9.17) is 21.4 Å². The Morgan fingerprint density at radius 1 is 0.671 bits per heavy atom. The lowest BCUT2D eigenvalue weighted by Crippen LogP contribution is -2.73. The lowest BCUT2D eigenvalue weighted by Gasteiger charge is -2.43. The Morgan fingerprint density at radius 2 is 1.09 bits per heavy atom. The summed E-state index contributed by atoms with van der Waals surface area (Å²) in [5, 5.41) is 16.4. The molecule has 0 aliphatic carbocycles. The molecule has 6 aromatic carbocycles. The minimum Gasteiger partial charge on any atom is -0.394 e. The van der Waals surface area contributed by atoms with Crippen molar-refractivity contribution in [3.8, 4) is 0 Å². The van der Waals surface area contributed by atoms with E-state index in [0.717, 1.165) is 33.4 Å². The van der Waals surface area contributed by atoms with Crippen LogP contribution >= 0.6 is 22.9 Å². The van der Waals surface area contributed by atoms with Gasteiger partial charge in [0.25, 0.3) is 11.8 Å². The number of alkyl halides is 1. The van der Waals surface area contributed by atoms with Crippen LogP contribution in [0.2, 0.25) is 0 Å². The van der Waals surface area contributed by atoms with Crippen LogP contribution in [0.15, 0.2) is 223 Å². The van der Waals surface area contributed by atoms with E-state index in [9.17, 15) is 22.6 Å². The minimum atomic E-state index is -4.93. The summed E-state index contributed by atoms with van der Waals surface area (Å²) < 4.78 is 33.9. The molecule has 0 spiro atoms. The zero-order chi connectivity index (χ0) is 48.8. The number of carbonyl (C=O) groups excluding carboxylic acids is 2. The van der Waals surface area contributed by atoms with Crippen LogP contribution in [-0.4, -0.2) is 75.9 Å². The topological polar surface area (TPSA) is 175 Å². The molecule has 1 saturated heterocycles. The number of β-lactam (4-membered cyclic amide) rings is 1. The maximum Gasteiger partial charge on any atom is 0.362 e. The van der Waals surface area contributed by atoms with Crippen molar-refractivity contribution in [1.82, 2.24) is 24.9 Å². The molecule has 1 fully saturated rings. The second kappa shape index (κ2) is 22.7. The highest BCUT2D eigenvalue weighted by molar-refractivity contribution is 7.84. The number of halogens is 1. The van der Waals surface area contributed by atoms with E-state index >= 15 is 0 Å². The Balaban J connectivity index is 0.00000102. The number of thiazole rings is 1. The summed E-state index contributed by atoms with van der Waals surface area (Å²) in [6.07, 6.45) is 3.50. The van der Waals surface area contributed by atoms with Gasteiger partial charge in [-0.3, -0.25) is 24.4 Å². The van der Waals surface area contributed by atoms with Crippen molar-refractivity contribution in [2.24, 2.45) is 5.16 Å². The molecule has 2 amide bonds. The predicted molar refractivity (Wildman–Crippen MR) is 274 cm³/mol. The fourth-order valence-electron chi connectivity index (χ4n) is 8.49. The highest BCUT2D eigenvalue weighted by atomic mass is 35.5. The number of hydrogen-bond acceptors (Lipinski definition) is 11. The molecular weight excluding hydrogens is 942 g/mol.